The average Bonchev–Trinajstić information content (AvgIpc) is 3.21. The summed E-state index contributed by atoms with van der Waals surface area (Å²) in [5.74, 6) is -1.44. The number of aromatic nitrogens is 2. The highest BCUT2D eigenvalue weighted by Gasteiger charge is 2.32. The van der Waals surface area contributed by atoms with Crippen LogP contribution in [0.3, 0.4) is 0 Å². The molecule has 8 nitrogen and oxygen atoms in total. The van der Waals surface area contributed by atoms with E-state index in [4.69, 9.17) is 10.8 Å². The summed E-state index contributed by atoms with van der Waals surface area (Å²) in [4.78, 5) is 42.0. The van der Waals surface area contributed by atoms with Crippen molar-refractivity contribution in [2.24, 2.45) is 5.92 Å². The van der Waals surface area contributed by atoms with E-state index in [0.29, 0.717) is 30.4 Å². The molecular formula is C23H28FN5O3S. The largest absolute Gasteiger partial charge is 0.314 e. The zero-order valence-electron chi connectivity index (χ0n) is 19.1. The molecular weight excluding hydrogens is 445 g/mol. The summed E-state index contributed by atoms with van der Waals surface area (Å²) in [6, 6.07) is -0.630. The summed E-state index contributed by atoms with van der Waals surface area (Å²) in [5.41, 5.74) is -0.744. The second-order valence-corrected chi connectivity index (χ2v) is 8.78. The summed E-state index contributed by atoms with van der Waals surface area (Å²) >= 11 is 0.469. The number of nitrogens with zero attached hydrogens (tertiary/aromatic N) is 2. The fourth-order valence-corrected chi connectivity index (χ4v) is 3.74. The number of fused-ring (bicyclic) bond motifs is 1. The van der Waals surface area contributed by atoms with Crippen LogP contribution >= 0.6 is 11.8 Å². The number of allylic oxidation sites excluding steroid dienone is 5. The molecule has 0 saturated carbocycles. The van der Waals surface area contributed by atoms with E-state index in [2.05, 4.69) is 10.3 Å². The minimum Gasteiger partial charge on any atom is -0.314 e. The van der Waals surface area contributed by atoms with Crippen LogP contribution in [0.25, 0.3) is 0 Å². The molecule has 10 heteroatoms. The Bertz CT molecular complexity index is 1120. The number of ketones is 1. The Balaban J connectivity index is 2.12. The van der Waals surface area contributed by atoms with Crippen LogP contribution in [0.2, 0.25) is 0 Å². The first-order valence-electron chi connectivity index (χ1n) is 10.6. The van der Waals surface area contributed by atoms with Crippen LogP contribution < -0.4 is 10.9 Å². The minimum atomic E-state index is -0.927. The standard InChI is InChI=1S/C23H28FN5O3S/c1-5-6-7-8-9-15(24)14(4)20(25)33-21(26)22(31)28-16-12-27-18-11-10-17(19(30)13(2)3)29(18)23(16)32/h6-9,12-13,17,25-26H,5,10-11H2,1-4H3,(H,28,31)/b7-6+,9-8-,15-14-,25-20?,26-21?. The molecule has 1 aromatic rings. The van der Waals surface area contributed by atoms with E-state index in [1.165, 1.54) is 29.8 Å². The lowest BCUT2D eigenvalue weighted by molar-refractivity contribution is -0.125. The highest BCUT2D eigenvalue weighted by atomic mass is 32.2. The smallest absolute Gasteiger partial charge is 0.280 e. The highest BCUT2D eigenvalue weighted by Crippen LogP contribution is 2.26. The van der Waals surface area contributed by atoms with Crippen LogP contribution in [0, 0.1) is 16.7 Å². The maximum Gasteiger partial charge on any atom is 0.280 e. The molecule has 0 fully saturated rings. The Hall–Kier alpha value is -3.14. The Kier molecular flexibility index (Phi) is 9.22. The third-order valence-corrected chi connectivity index (χ3v) is 5.90. The van der Waals surface area contributed by atoms with Crippen molar-refractivity contribution in [3.63, 3.8) is 0 Å². The first-order chi connectivity index (χ1) is 15.6. The van der Waals surface area contributed by atoms with Gasteiger partial charge in [-0.2, -0.15) is 0 Å². The van der Waals surface area contributed by atoms with Crippen molar-refractivity contribution in [1.82, 2.24) is 9.55 Å². The number of anilines is 1. The Labute approximate surface area is 196 Å². The van der Waals surface area contributed by atoms with Gasteiger partial charge in [-0.15, -0.1) is 0 Å². The molecule has 0 aliphatic carbocycles. The van der Waals surface area contributed by atoms with Gasteiger partial charge in [-0.25, -0.2) is 9.37 Å². The van der Waals surface area contributed by atoms with Crippen LogP contribution in [0.15, 0.2) is 46.7 Å². The second-order valence-electron chi connectivity index (χ2n) is 7.76. The Morgan fingerprint density at radius 2 is 2.03 bits per heavy atom. The van der Waals surface area contributed by atoms with E-state index in [-0.39, 0.29) is 28.0 Å². The van der Waals surface area contributed by atoms with E-state index in [0.717, 1.165) is 6.42 Å². The summed E-state index contributed by atoms with van der Waals surface area (Å²) in [7, 11) is 0. The number of hydrogen-bond acceptors (Lipinski definition) is 7. The van der Waals surface area contributed by atoms with Gasteiger partial charge in [0.15, 0.2) is 10.8 Å². The van der Waals surface area contributed by atoms with Gasteiger partial charge in [0.1, 0.15) is 17.3 Å². The molecule has 1 unspecified atom stereocenters. The van der Waals surface area contributed by atoms with Gasteiger partial charge < -0.3 is 5.32 Å². The molecule has 1 aromatic heterocycles. The monoisotopic (exact) mass is 473 g/mol. The molecule has 2 heterocycles. The summed E-state index contributed by atoms with van der Waals surface area (Å²) in [5, 5.41) is 17.4. The second kappa shape index (κ2) is 11.6. The predicted molar refractivity (Wildman–Crippen MR) is 130 cm³/mol. The van der Waals surface area contributed by atoms with Crippen molar-refractivity contribution < 1.29 is 14.0 Å². The average molecular weight is 474 g/mol. The van der Waals surface area contributed by atoms with Gasteiger partial charge in [-0.05, 0) is 37.6 Å². The topological polar surface area (TPSA) is 129 Å². The molecule has 1 aliphatic rings. The van der Waals surface area contributed by atoms with Crippen LogP contribution in [-0.2, 0) is 16.0 Å². The van der Waals surface area contributed by atoms with Gasteiger partial charge >= 0.3 is 0 Å². The predicted octanol–water partition coefficient (Wildman–Crippen LogP) is 4.35. The number of carbonyl (C=O) groups is 2. The first-order valence-corrected chi connectivity index (χ1v) is 11.4. The van der Waals surface area contributed by atoms with Gasteiger partial charge in [0.25, 0.3) is 11.5 Å². The zero-order valence-corrected chi connectivity index (χ0v) is 19.9. The normalized spacial score (nSPS) is 16.2. The van der Waals surface area contributed by atoms with E-state index in [1.807, 2.05) is 13.0 Å². The fraction of sp³-hybridized carbons (Fsp3) is 0.391. The highest BCUT2D eigenvalue weighted by molar-refractivity contribution is 8.28. The van der Waals surface area contributed by atoms with Crippen LogP contribution in [0.4, 0.5) is 10.1 Å². The summed E-state index contributed by atoms with van der Waals surface area (Å²) < 4.78 is 15.5. The van der Waals surface area contributed by atoms with Crippen molar-refractivity contribution in [2.75, 3.05) is 5.32 Å². The molecule has 33 heavy (non-hydrogen) atoms. The van der Waals surface area contributed by atoms with Crippen LogP contribution in [0.5, 0.6) is 0 Å². The lowest BCUT2D eigenvalue weighted by atomic mass is 10.0. The van der Waals surface area contributed by atoms with Crippen molar-refractivity contribution in [3.05, 3.63) is 58.1 Å². The summed E-state index contributed by atoms with van der Waals surface area (Å²) in [6.45, 7) is 6.85. The Morgan fingerprint density at radius 3 is 2.67 bits per heavy atom. The van der Waals surface area contributed by atoms with Gasteiger partial charge in [-0.3, -0.25) is 29.8 Å². The maximum atomic E-state index is 14.2. The first kappa shape index (κ1) is 26.1. The van der Waals surface area contributed by atoms with E-state index >= 15 is 0 Å². The molecule has 176 valence electrons. The number of halogens is 1. The molecule has 1 aliphatic heterocycles. The van der Waals surface area contributed by atoms with Crippen LogP contribution in [0.1, 0.15) is 52.4 Å². The molecule has 1 atom stereocenters. The van der Waals surface area contributed by atoms with E-state index in [1.54, 1.807) is 19.9 Å². The quantitative estimate of drug-likeness (QED) is 0.308. The number of amides is 1. The van der Waals surface area contributed by atoms with E-state index in [9.17, 15) is 18.8 Å². The number of hydrogen-bond donors (Lipinski definition) is 3. The van der Waals surface area contributed by atoms with Crippen molar-refractivity contribution in [3.8, 4) is 0 Å². The molecule has 1 amide bonds. The number of thioether (sulfide) groups is 1. The SMILES string of the molecule is CC/C=C/C=C\C(F)=C(/C)C(=N)SC(=N)C(=O)Nc1cnc2n(c1=O)C(C(=O)C(C)C)CC2. The molecule has 2 rings (SSSR count). The third kappa shape index (κ3) is 6.44. The lowest BCUT2D eigenvalue weighted by Crippen LogP contribution is -2.33. The molecule has 0 aromatic carbocycles. The van der Waals surface area contributed by atoms with Crippen molar-refractivity contribution in [2.45, 2.75) is 53.0 Å². The molecule has 3 N–H and O–H groups in total. The van der Waals surface area contributed by atoms with Gasteiger partial charge in [-0.1, -0.05) is 39.0 Å². The van der Waals surface area contributed by atoms with Gasteiger partial charge in [0.05, 0.1) is 17.3 Å². The number of nitrogens with one attached hydrogen (secondary N) is 3. The van der Waals surface area contributed by atoms with E-state index < -0.39 is 28.4 Å². The summed E-state index contributed by atoms with van der Waals surface area (Å²) in [6.07, 6.45) is 9.20. The number of aryl methyl sites for hydroxylation is 1. The van der Waals surface area contributed by atoms with Crippen LogP contribution in [-0.4, -0.2) is 31.3 Å². The number of rotatable bonds is 7. The zero-order chi connectivity index (χ0) is 24.7. The van der Waals surface area contributed by atoms with Gasteiger partial charge in [0, 0.05) is 17.9 Å². The number of Topliss-reactive ketones (excluding diaryl/α,β-unsaturated/α-hetero) is 1. The minimum absolute atomic E-state index is 0.0204. The molecule has 0 spiro atoms. The molecule has 0 bridgehead atoms. The fourth-order valence-electron chi connectivity index (χ4n) is 3.14. The third-order valence-electron chi connectivity index (χ3n) is 5.00. The Morgan fingerprint density at radius 1 is 1.33 bits per heavy atom. The van der Waals surface area contributed by atoms with Crippen molar-refractivity contribution >= 4 is 39.2 Å². The number of carbonyl (C=O) groups excluding carboxylic acids is 2. The van der Waals surface area contributed by atoms with Crippen molar-refractivity contribution in [1.29, 1.82) is 10.8 Å². The lowest BCUT2D eigenvalue weighted by Gasteiger charge is -2.16. The van der Waals surface area contributed by atoms with Gasteiger partial charge in [0.2, 0.25) is 0 Å². The molecule has 0 radical (unpaired) electrons. The molecule has 0 saturated heterocycles. The maximum absolute atomic E-state index is 14.2.